The Balaban J connectivity index is 1.37. The molecule has 28 heavy (non-hydrogen) atoms. The number of nitrogens with zero attached hydrogens (tertiary/aromatic N) is 6. The summed E-state index contributed by atoms with van der Waals surface area (Å²) in [7, 11) is 0. The van der Waals surface area contributed by atoms with E-state index in [1.165, 1.54) is 12.8 Å². The number of hydrogen-bond acceptors (Lipinski definition) is 6. The molecule has 0 unspecified atom stereocenters. The maximum absolute atomic E-state index is 12.9. The van der Waals surface area contributed by atoms with E-state index in [-0.39, 0.29) is 5.91 Å². The van der Waals surface area contributed by atoms with Crippen LogP contribution in [0.5, 0.6) is 0 Å². The molecule has 0 N–H and O–H groups in total. The molecule has 148 valence electrons. The highest BCUT2D eigenvalue weighted by atomic mass is 16.2. The molecule has 7 nitrogen and oxygen atoms in total. The van der Waals surface area contributed by atoms with Gasteiger partial charge < -0.3 is 14.7 Å². The van der Waals surface area contributed by atoms with Crippen molar-refractivity contribution in [2.45, 2.75) is 26.2 Å². The van der Waals surface area contributed by atoms with Crippen molar-refractivity contribution >= 4 is 17.7 Å². The number of amides is 1. The van der Waals surface area contributed by atoms with Crippen LogP contribution < -0.4 is 9.80 Å². The van der Waals surface area contributed by atoms with Crippen molar-refractivity contribution in [3.8, 4) is 0 Å². The molecular formula is C21H28N6O. The van der Waals surface area contributed by atoms with Gasteiger partial charge in [-0.25, -0.2) is 15.0 Å². The third-order valence-electron chi connectivity index (χ3n) is 5.72. The second-order valence-electron chi connectivity index (χ2n) is 7.76. The molecule has 0 bridgehead atoms. The van der Waals surface area contributed by atoms with Crippen LogP contribution in [0.4, 0.5) is 11.8 Å². The van der Waals surface area contributed by atoms with Crippen molar-refractivity contribution in [1.29, 1.82) is 0 Å². The van der Waals surface area contributed by atoms with Gasteiger partial charge in [-0.2, -0.15) is 0 Å². The SMILES string of the molecule is CC1CCN(c2ccc(C(=O)N3CCCN(c4ncccn4)CC3)cn2)CC1. The normalized spacial score (nSPS) is 18.8. The monoisotopic (exact) mass is 380 g/mol. The second kappa shape index (κ2) is 8.54. The number of carbonyl (C=O) groups is 1. The van der Waals surface area contributed by atoms with Crippen LogP contribution in [-0.2, 0) is 0 Å². The van der Waals surface area contributed by atoms with Crippen molar-refractivity contribution in [2.24, 2.45) is 5.92 Å². The molecule has 4 heterocycles. The minimum atomic E-state index is 0.0575. The fourth-order valence-electron chi connectivity index (χ4n) is 3.89. The molecule has 2 aliphatic rings. The smallest absolute Gasteiger partial charge is 0.255 e. The van der Waals surface area contributed by atoms with E-state index in [1.807, 2.05) is 23.1 Å². The number of anilines is 2. The fourth-order valence-corrected chi connectivity index (χ4v) is 3.89. The van der Waals surface area contributed by atoms with Gasteiger partial charge in [-0.3, -0.25) is 4.79 Å². The van der Waals surface area contributed by atoms with E-state index < -0.39 is 0 Å². The predicted molar refractivity (Wildman–Crippen MR) is 110 cm³/mol. The van der Waals surface area contributed by atoms with Crippen molar-refractivity contribution < 1.29 is 4.79 Å². The molecule has 0 aliphatic carbocycles. The van der Waals surface area contributed by atoms with Gasteiger partial charge in [0.25, 0.3) is 5.91 Å². The van der Waals surface area contributed by atoms with Crippen LogP contribution in [0.2, 0.25) is 0 Å². The summed E-state index contributed by atoms with van der Waals surface area (Å²) in [5.74, 6) is 2.56. The molecule has 7 heteroatoms. The lowest BCUT2D eigenvalue weighted by Crippen LogP contribution is -2.36. The second-order valence-corrected chi connectivity index (χ2v) is 7.76. The topological polar surface area (TPSA) is 65.5 Å². The van der Waals surface area contributed by atoms with E-state index in [1.54, 1.807) is 18.6 Å². The largest absolute Gasteiger partial charge is 0.357 e. The van der Waals surface area contributed by atoms with Gasteiger partial charge in [0, 0.05) is 57.9 Å². The maximum atomic E-state index is 12.9. The molecule has 2 aromatic rings. The Morgan fingerprint density at radius 2 is 1.71 bits per heavy atom. The summed E-state index contributed by atoms with van der Waals surface area (Å²) in [4.78, 5) is 32.6. The highest BCUT2D eigenvalue weighted by Gasteiger charge is 2.22. The highest BCUT2D eigenvalue weighted by molar-refractivity contribution is 5.94. The van der Waals surface area contributed by atoms with E-state index in [0.717, 1.165) is 56.8 Å². The van der Waals surface area contributed by atoms with Crippen LogP contribution in [0.3, 0.4) is 0 Å². The third kappa shape index (κ3) is 4.24. The summed E-state index contributed by atoms with van der Waals surface area (Å²) >= 11 is 0. The lowest BCUT2D eigenvalue weighted by atomic mass is 9.99. The summed E-state index contributed by atoms with van der Waals surface area (Å²) in [6, 6.07) is 5.73. The van der Waals surface area contributed by atoms with Crippen molar-refractivity contribution in [2.75, 3.05) is 49.1 Å². The van der Waals surface area contributed by atoms with Crippen molar-refractivity contribution in [3.05, 3.63) is 42.4 Å². The van der Waals surface area contributed by atoms with Crippen LogP contribution in [-0.4, -0.2) is 65.0 Å². The molecule has 2 aliphatic heterocycles. The first-order chi connectivity index (χ1) is 13.7. The molecule has 0 saturated carbocycles. The molecule has 2 aromatic heterocycles. The Labute approximate surface area is 166 Å². The number of rotatable bonds is 3. The minimum absolute atomic E-state index is 0.0575. The molecule has 0 radical (unpaired) electrons. The molecule has 4 rings (SSSR count). The van der Waals surface area contributed by atoms with Crippen molar-refractivity contribution in [3.63, 3.8) is 0 Å². The van der Waals surface area contributed by atoms with Crippen LogP contribution >= 0.6 is 0 Å². The summed E-state index contributed by atoms with van der Waals surface area (Å²) < 4.78 is 0. The number of pyridine rings is 1. The van der Waals surface area contributed by atoms with Gasteiger partial charge in [-0.15, -0.1) is 0 Å². The molecule has 1 amide bonds. The molecular weight excluding hydrogens is 352 g/mol. The van der Waals surface area contributed by atoms with Gasteiger partial charge in [-0.1, -0.05) is 6.92 Å². The molecule has 0 spiro atoms. The first kappa shape index (κ1) is 18.7. The Hall–Kier alpha value is -2.70. The maximum Gasteiger partial charge on any atom is 0.255 e. The van der Waals surface area contributed by atoms with E-state index in [0.29, 0.717) is 12.1 Å². The number of piperidine rings is 1. The van der Waals surface area contributed by atoms with E-state index >= 15 is 0 Å². The summed E-state index contributed by atoms with van der Waals surface area (Å²) in [6.07, 6.45) is 8.56. The van der Waals surface area contributed by atoms with Gasteiger partial charge in [0.15, 0.2) is 0 Å². The average Bonchev–Trinajstić information content (AvgIpc) is 3.01. The van der Waals surface area contributed by atoms with Gasteiger partial charge in [0.1, 0.15) is 5.82 Å². The first-order valence-electron chi connectivity index (χ1n) is 10.2. The number of aromatic nitrogens is 3. The minimum Gasteiger partial charge on any atom is -0.357 e. The fraction of sp³-hybridized carbons (Fsp3) is 0.524. The Bertz CT molecular complexity index is 773. The standard InChI is InChI=1S/C21H28N6O/c1-17-6-12-25(13-7-17)19-5-4-18(16-24-19)20(28)26-10-3-11-27(15-14-26)21-22-8-2-9-23-21/h2,4-5,8-9,16-17H,3,6-7,10-15H2,1H3. The Morgan fingerprint density at radius 3 is 2.43 bits per heavy atom. The lowest BCUT2D eigenvalue weighted by Gasteiger charge is -2.31. The van der Waals surface area contributed by atoms with Crippen LogP contribution in [0, 0.1) is 5.92 Å². The van der Waals surface area contributed by atoms with Gasteiger partial charge >= 0.3 is 0 Å². The predicted octanol–water partition coefficient (Wildman–Crippen LogP) is 2.46. The first-order valence-corrected chi connectivity index (χ1v) is 10.2. The van der Waals surface area contributed by atoms with E-state index in [9.17, 15) is 4.79 Å². The van der Waals surface area contributed by atoms with Crippen LogP contribution in [0.15, 0.2) is 36.8 Å². The van der Waals surface area contributed by atoms with E-state index in [4.69, 9.17) is 0 Å². The molecule has 2 fully saturated rings. The Morgan fingerprint density at radius 1 is 0.929 bits per heavy atom. The van der Waals surface area contributed by atoms with E-state index in [2.05, 4.69) is 31.7 Å². The van der Waals surface area contributed by atoms with Crippen LogP contribution in [0.1, 0.15) is 36.5 Å². The molecule has 0 atom stereocenters. The third-order valence-corrected chi connectivity index (χ3v) is 5.72. The summed E-state index contributed by atoms with van der Waals surface area (Å²) in [5.41, 5.74) is 0.665. The zero-order valence-electron chi connectivity index (χ0n) is 16.5. The molecule has 2 saturated heterocycles. The molecule has 0 aromatic carbocycles. The highest BCUT2D eigenvalue weighted by Crippen LogP contribution is 2.21. The van der Waals surface area contributed by atoms with Gasteiger partial charge in [0.2, 0.25) is 5.95 Å². The Kier molecular flexibility index (Phi) is 5.69. The number of carbonyl (C=O) groups excluding carboxylic acids is 1. The van der Waals surface area contributed by atoms with Gasteiger partial charge in [0.05, 0.1) is 5.56 Å². The lowest BCUT2D eigenvalue weighted by molar-refractivity contribution is 0.0766. The van der Waals surface area contributed by atoms with Gasteiger partial charge in [-0.05, 0) is 43.4 Å². The summed E-state index contributed by atoms with van der Waals surface area (Å²) in [5, 5.41) is 0. The summed E-state index contributed by atoms with van der Waals surface area (Å²) in [6.45, 7) is 7.41. The zero-order chi connectivity index (χ0) is 19.3. The van der Waals surface area contributed by atoms with Crippen molar-refractivity contribution in [1.82, 2.24) is 19.9 Å². The number of hydrogen-bond donors (Lipinski definition) is 0. The zero-order valence-corrected chi connectivity index (χ0v) is 16.5. The van der Waals surface area contributed by atoms with Crippen LogP contribution in [0.25, 0.3) is 0 Å². The quantitative estimate of drug-likeness (QED) is 0.815. The average molecular weight is 380 g/mol.